The molecule has 1 saturated heterocycles. The van der Waals surface area contributed by atoms with Gasteiger partial charge in [-0.05, 0) is 26.2 Å². The van der Waals surface area contributed by atoms with E-state index in [1.807, 2.05) is 47.1 Å². The van der Waals surface area contributed by atoms with E-state index in [2.05, 4.69) is 27.6 Å². The van der Waals surface area contributed by atoms with Crippen LogP contribution >= 0.6 is 22.6 Å². The number of alkyl halides is 1. The van der Waals surface area contributed by atoms with Crippen molar-refractivity contribution in [3.05, 3.63) is 53.1 Å². The van der Waals surface area contributed by atoms with Gasteiger partial charge < -0.3 is 14.9 Å². The van der Waals surface area contributed by atoms with Gasteiger partial charge in [0.2, 0.25) is 0 Å². The van der Waals surface area contributed by atoms with Crippen molar-refractivity contribution in [3.63, 3.8) is 0 Å². The topological polar surface area (TPSA) is 78.7 Å². The summed E-state index contributed by atoms with van der Waals surface area (Å²) in [5.41, 5.74) is -0.0628. The van der Waals surface area contributed by atoms with Crippen molar-refractivity contribution in [1.29, 1.82) is 0 Å². The molecule has 2 fully saturated rings. The number of urea groups is 1. The number of nitrogens with zero attached hydrogens (tertiary/aromatic N) is 4. The number of hydrogen-bond donors (Lipinski definition) is 1. The summed E-state index contributed by atoms with van der Waals surface area (Å²) in [6.45, 7) is 4.68. The van der Waals surface area contributed by atoms with Crippen molar-refractivity contribution in [1.82, 2.24) is 19.4 Å². The Kier molecular flexibility index (Phi) is 7.43. The summed E-state index contributed by atoms with van der Waals surface area (Å²) in [7, 11) is 0. The molecule has 1 aliphatic heterocycles. The molecule has 0 radical (unpaired) electrons. The van der Waals surface area contributed by atoms with Crippen LogP contribution in [0.1, 0.15) is 39.0 Å². The number of amides is 2. The Bertz CT molecular complexity index is 1020. The average molecular weight is 564 g/mol. The highest BCUT2D eigenvalue weighted by molar-refractivity contribution is 14.1. The monoisotopic (exact) mass is 564 g/mol. The van der Waals surface area contributed by atoms with E-state index in [0.717, 1.165) is 42.2 Å². The molecule has 1 aliphatic carbocycles. The van der Waals surface area contributed by atoms with E-state index < -0.39 is 5.60 Å². The van der Waals surface area contributed by atoms with E-state index in [1.165, 1.54) is 0 Å². The zero-order chi connectivity index (χ0) is 23.5. The summed E-state index contributed by atoms with van der Waals surface area (Å²) < 4.78 is 2.44. The molecule has 178 valence electrons. The highest BCUT2D eigenvalue weighted by atomic mass is 127. The van der Waals surface area contributed by atoms with Gasteiger partial charge in [-0.3, -0.25) is 9.36 Å². The maximum absolute atomic E-state index is 13.2. The lowest BCUT2D eigenvalue weighted by molar-refractivity contribution is -0.136. The summed E-state index contributed by atoms with van der Waals surface area (Å²) >= 11 is 2.30. The Labute approximate surface area is 208 Å². The van der Waals surface area contributed by atoms with Crippen LogP contribution in [0.25, 0.3) is 11.3 Å². The summed E-state index contributed by atoms with van der Waals surface area (Å²) in [4.78, 5) is 34.4. The normalized spacial score (nSPS) is 22.0. The molecule has 1 aromatic carbocycles. The number of hydrogen-bond acceptors (Lipinski definition) is 4. The first kappa shape index (κ1) is 24.2. The van der Waals surface area contributed by atoms with Crippen LogP contribution in [0, 0.1) is 5.41 Å². The highest BCUT2D eigenvalue weighted by Crippen LogP contribution is 2.51. The minimum atomic E-state index is -1.04. The maximum Gasteiger partial charge on any atom is 0.320 e. The van der Waals surface area contributed by atoms with E-state index in [-0.39, 0.29) is 23.6 Å². The Morgan fingerprint density at radius 2 is 1.94 bits per heavy atom. The molecule has 2 amide bonds. The van der Waals surface area contributed by atoms with Crippen molar-refractivity contribution in [2.75, 3.05) is 30.6 Å². The Balaban J connectivity index is 1.56. The van der Waals surface area contributed by atoms with E-state index >= 15 is 0 Å². The SMILES string of the molecule is CCN(CCI)C(=O)N1CCC(O)(Cn2cnc(-c3ccccc3)cc2=O)C2(CCCC2)C1. The molecule has 1 N–H and O–H groups in total. The van der Waals surface area contributed by atoms with Crippen molar-refractivity contribution in [2.45, 2.75) is 51.2 Å². The molecule has 2 heterocycles. The van der Waals surface area contributed by atoms with Crippen LogP contribution in [0.4, 0.5) is 4.79 Å². The van der Waals surface area contributed by atoms with Crippen LogP contribution in [-0.4, -0.2) is 66.7 Å². The molecule has 4 rings (SSSR count). The highest BCUT2D eigenvalue weighted by Gasteiger charge is 2.55. The van der Waals surface area contributed by atoms with Crippen LogP contribution in [0.2, 0.25) is 0 Å². The number of benzene rings is 1. The van der Waals surface area contributed by atoms with E-state index in [9.17, 15) is 14.7 Å². The van der Waals surface area contributed by atoms with Gasteiger partial charge in [0.05, 0.1) is 24.2 Å². The number of aliphatic hydroxyl groups is 1. The predicted octanol–water partition coefficient (Wildman–Crippen LogP) is 3.78. The number of likely N-dealkylation sites (tertiary alicyclic amines) is 1. The predicted molar refractivity (Wildman–Crippen MR) is 138 cm³/mol. The number of piperidine rings is 1. The molecule has 8 heteroatoms. The fraction of sp³-hybridized carbons (Fsp3) is 0.560. The van der Waals surface area contributed by atoms with Crippen LogP contribution in [-0.2, 0) is 6.54 Å². The molecule has 1 unspecified atom stereocenters. The fourth-order valence-electron chi connectivity index (χ4n) is 5.55. The van der Waals surface area contributed by atoms with Crippen molar-refractivity contribution < 1.29 is 9.90 Å². The number of rotatable bonds is 6. The third-order valence-electron chi connectivity index (χ3n) is 7.49. The van der Waals surface area contributed by atoms with Crippen LogP contribution in [0.15, 0.2) is 47.5 Å². The van der Waals surface area contributed by atoms with Crippen LogP contribution in [0.5, 0.6) is 0 Å². The molecule has 1 saturated carbocycles. The van der Waals surface area contributed by atoms with Gasteiger partial charge in [-0.2, -0.15) is 0 Å². The molecule has 0 bridgehead atoms. The van der Waals surface area contributed by atoms with Gasteiger partial charge in [0.1, 0.15) is 0 Å². The average Bonchev–Trinajstić information content (AvgIpc) is 3.31. The first-order valence-electron chi connectivity index (χ1n) is 11.9. The van der Waals surface area contributed by atoms with E-state index in [4.69, 9.17) is 0 Å². The molecule has 1 aromatic heterocycles. The van der Waals surface area contributed by atoms with Gasteiger partial charge in [0.25, 0.3) is 5.56 Å². The van der Waals surface area contributed by atoms with Gasteiger partial charge in [0, 0.05) is 47.7 Å². The summed E-state index contributed by atoms with van der Waals surface area (Å²) in [5.74, 6) is 0. The van der Waals surface area contributed by atoms with Gasteiger partial charge in [-0.15, -0.1) is 0 Å². The minimum Gasteiger partial charge on any atom is -0.387 e. The zero-order valence-electron chi connectivity index (χ0n) is 19.3. The number of carbonyl (C=O) groups excluding carboxylic acids is 1. The molecule has 1 atom stereocenters. The molecule has 33 heavy (non-hydrogen) atoms. The van der Waals surface area contributed by atoms with Crippen LogP contribution in [0.3, 0.4) is 0 Å². The number of carbonyl (C=O) groups is 1. The van der Waals surface area contributed by atoms with Gasteiger partial charge in [-0.25, -0.2) is 9.78 Å². The van der Waals surface area contributed by atoms with Gasteiger partial charge in [-0.1, -0.05) is 65.8 Å². The van der Waals surface area contributed by atoms with Gasteiger partial charge >= 0.3 is 6.03 Å². The Morgan fingerprint density at radius 1 is 1.21 bits per heavy atom. The molecule has 1 spiro atoms. The first-order valence-corrected chi connectivity index (χ1v) is 13.4. The second-order valence-electron chi connectivity index (χ2n) is 9.35. The van der Waals surface area contributed by atoms with E-state index in [1.54, 1.807) is 17.0 Å². The summed E-state index contributed by atoms with van der Waals surface area (Å²) in [6, 6.07) is 11.2. The summed E-state index contributed by atoms with van der Waals surface area (Å²) in [5, 5.41) is 11.9. The second kappa shape index (κ2) is 10.1. The van der Waals surface area contributed by atoms with E-state index in [0.29, 0.717) is 31.7 Å². The lowest BCUT2D eigenvalue weighted by Gasteiger charge is -2.52. The lowest BCUT2D eigenvalue weighted by Crippen LogP contribution is -2.63. The number of halogens is 1. The third-order valence-corrected chi connectivity index (χ3v) is 7.98. The Hall–Kier alpha value is -1.94. The molecule has 2 aromatic rings. The quantitative estimate of drug-likeness (QED) is 0.428. The molecule has 7 nitrogen and oxygen atoms in total. The second-order valence-corrected chi connectivity index (χ2v) is 10.4. The van der Waals surface area contributed by atoms with Crippen molar-refractivity contribution in [2.24, 2.45) is 5.41 Å². The smallest absolute Gasteiger partial charge is 0.320 e. The largest absolute Gasteiger partial charge is 0.387 e. The molecular weight excluding hydrogens is 531 g/mol. The third kappa shape index (κ3) is 4.82. The fourth-order valence-corrected chi connectivity index (χ4v) is 6.13. The van der Waals surface area contributed by atoms with Crippen molar-refractivity contribution >= 4 is 28.6 Å². The molecule has 2 aliphatic rings. The summed E-state index contributed by atoms with van der Waals surface area (Å²) in [6.07, 6.45) is 5.84. The number of aromatic nitrogens is 2. The van der Waals surface area contributed by atoms with Crippen LogP contribution < -0.4 is 5.56 Å². The Morgan fingerprint density at radius 3 is 2.58 bits per heavy atom. The zero-order valence-corrected chi connectivity index (χ0v) is 21.4. The first-order chi connectivity index (χ1) is 15.9. The lowest BCUT2D eigenvalue weighted by atomic mass is 9.66. The minimum absolute atomic E-state index is 0.0635. The maximum atomic E-state index is 13.2. The standard InChI is InChI=1S/C25H33IN4O3/c1-2-28(15-13-26)23(32)29-14-12-25(33,24(17-29)10-6-7-11-24)18-30-19-27-21(16-22(30)31)20-8-4-3-5-9-20/h3-5,8-9,16,19,33H,2,6-7,10-15,17-18H2,1H3. The van der Waals surface area contributed by atoms with Crippen molar-refractivity contribution in [3.8, 4) is 11.3 Å². The molecular formula is C25H33IN4O3. The van der Waals surface area contributed by atoms with Gasteiger partial charge in [0.15, 0.2) is 0 Å².